The van der Waals surface area contributed by atoms with Crippen molar-refractivity contribution in [2.24, 2.45) is 0 Å². The molecule has 1 heterocycles. The molecule has 0 unspecified atom stereocenters. The van der Waals surface area contributed by atoms with Crippen LogP contribution in [0.25, 0.3) is 0 Å². The van der Waals surface area contributed by atoms with Crippen molar-refractivity contribution in [1.82, 2.24) is 5.32 Å². The normalized spacial score (nSPS) is 21.0. The van der Waals surface area contributed by atoms with E-state index in [2.05, 4.69) is 5.32 Å². The predicted molar refractivity (Wildman–Crippen MR) is 111 cm³/mol. The second kappa shape index (κ2) is 8.73. The zero-order valence-electron chi connectivity index (χ0n) is 16.4. The maximum Gasteiger partial charge on any atom is 0.183 e. The third-order valence-electron chi connectivity index (χ3n) is 4.91. The fourth-order valence-corrected chi connectivity index (χ4v) is 8.19. The van der Waals surface area contributed by atoms with Gasteiger partial charge in [-0.2, -0.15) is 0 Å². The molecule has 1 saturated heterocycles. The maximum atomic E-state index is 13.2. The highest BCUT2D eigenvalue weighted by Gasteiger charge is 2.45. The summed E-state index contributed by atoms with van der Waals surface area (Å²) in [6.07, 6.45) is 0. The minimum Gasteiger partial charge on any atom is -0.496 e. The molecule has 0 bridgehead atoms. The number of para-hydroxylation sites is 1. The molecule has 1 aliphatic rings. The topological polar surface area (TPSA) is 98.8 Å². The highest BCUT2D eigenvalue weighted by Crippen LogP contribution is 2.28. The van der Waals surface area contributed by atoms with Gasteiger partial charge in [-0.25, -0.2) is 16.8 Å². The van der Waals surface area contributed by atoms with Crippen LogP contribution in [0.5, 0.6) is 11.5 Å². The van der Waals surface area contributed by atoms with Gasteiger partial charge in [-0.15, -0.1) is 0 Å². The monoisotopic (exact) mass is 439 g/mol. The minimum absolute atomic E-state index is 0.0899. The standard InChI is InChI=1S/C20H25NO6S2/c1-3-27-16-8-10-17(11-9-16)29(24,25)20-14-28(22,23)13-18(20)21-12-15-6-4-5-7-19(15)26-2/h4-11,18,20-21H,3,12-14H2,1-2H3/t18-,20-/m1/s1. The fraction of sp³-hybridized carbons (Fsp3) is 0.400. The molecule has 2 aromatic carbocycles. The van der Waals surface area contributed by atoms with E-state index in [1.165, 1.54) is 12.1 Å². The van der Waals surface area contributed by atoms with Crippen LogP contribution in [0.1, 0.15) is 12.5 Å². The predicted octanol–water partition coefficient (Wildman–Crippen LogP) is 1.82. The molecule has 1 aliphatic heterocycles. The molecule has 7 nitrogen and oxygen atoms in total. The summed E-state index contributed by atoms with van der Waals surface area (Å²) in [7, 11) is -5.76. The molecule has 3 rings (SSSR count). The van der Waals surface area contributed by atoms with Crippen molar-refractivity contribution in [3.63, 3.8) is 0 Å². The lowest BCUT2D eigenvalue weighted by Crippen LogP contribution is -2.43. The third kappa shape index (κ3) is 4.91. The molecule has 0 spiro atoms. The molecule has 29 heavy (non-hydrogen) atoms. The smallest absolute Gasteiger partial charge is 0.183 e. The van der Waals surface area contributed by atoms with Crippen LogP contribution in [0.2, 0.25) is 0 Å². The first kappa shape index (κ1) is 21.6. The summed E-state index contributed by atoms with van der Waals surface area (Å²) in [5.41, 5.74) is 0.830. The van der Waals surface area contributed by atoms with Gasteiger partial charge in [0.1, 0.15) is 11.5 Å². The van der Waals surface area contributed by atoms with Crippen LogP contribution in [0.15, 0.2) is 53.4 Å². The van der Waals surface area contributed by atoms with Gasteiger partial charge in [-0.3, -0.25) is 0 Å². The average Bonchev–Trinajstić information content (AvgIpc) is 3.02. The summed E-state index contributed by atoms with van der Waals surface area (Å²) >= 11 is 0. The van der Waals surface area contributed by atoms with Crippen LogP contribution >= 0.6 is 0 Å². The summed E-state index contributed by atoms with van der Waals surface area (Å²) in [6.45, 7) is 2.62. The number of benzene rings is 2. The molecular formula is C20H25NO6S2. The Morgan fingerprint density at radius 2 is 1.76 bits per heavy atom. The van der Waals surface area contributed by atoms with Crippen molar-refractivity contribution >= 4 is 19.7 Å². The lowest BCUT2D eigenvalue weighted by atomic mass is 10.1. The largest absolute Gasteiger partial charge is 0.496 e. The fourth-order valence-electron chi connectivity index (χ4n) is 3.47. The van der Waals surface area contributed by atoms with E-state index in [0.717, 1.165) is 5.56 Å². The number of nitrogens with one attached hydrogen (secondary N) is 1. The summed E-state index contributed by atoms with van der Waals surface area (Å²) in [4.78, 5) is 0.0899. The molecule has 2 aromatic rings. The highest BCUT2D eigenvalue weighted by atomic mass is 32.2. The first-order chi connectivity index (χ1) is 13.8. The van der Waals surface area contributed by atoms with Gasteiger partial charge in [0.15, 0.2) is 19.7 Å². The summed E-state index contributed by atoms with van der Waals surface area (Å²) in [5.74, 6) is 0.609. The molecule has 0 saturated carbocycles. The van der Waals surface area contributed by atoms with Crippen LogP contribution in [0.4, 0.5) is 0 Å². The van der Waals surface area contributed by atoms with E-state index in [0.29, 0.717) is 24.7 Å². The molecule has 158 valence electrons. The second-order valence-corrected chi connectivity index (χ2v) is 11.2. The van der Waals surface area contributed by atoms with Crippen molar-refractivity contribution in [2.75, 3.05) is 25.2 Å². The first-order valence-corrected chi connectivity index (χ1v) is 12.7. The van der Waals surface area contributed by atoms with E-state index in [9.17, 15) is 16.8 Å². The van der Waals surface area contributed by atoms with E-state index in [4.69, 9.17) is 9.47 Å². The quantitative estimate of drug-likeness (QED) is 0.670. The van der Waals surface area contributed by atoms with Gasteiger partial charge in [-0.1, -0.05) is 18.2 Å². The molecule has 9 heteroatoms. The number of hydrogen-bond acceptors (Lipinski definition) is 7. The summed E-state index contributed by atoms with van der Waals surface area (Å²) in [5, 5.41) is 2.07. The molecule has 2 atom stereocenters. The Balaban J connectivity index is 1.83. The van der Waals surface area contributed by atoms with Crippen molar-refractivity contribution < 1.29 is 26.3 Å². The van der Waals surface area contributed by atoms with Gasteiger partial charge in [-0.05, 0) is 37.3 Å². The Morgan fingerprint density at radius 3 is 2.41 bits per heavy atom. The summed E-state index contributed by atoms with van der Waals surface area (Å²) in [6, 6.07) is 12.7. The number of methoxy groups -OCH3 is 1. The van der Waals surface area contributed by atoms with Gasteiger partial charge in [0.25, 0.3) is 0 Å². The average molecular weight is 440 g/mol. The van der Waals surface area contributed by atoms with Crippen molar-refractivity contribution in [3.05, 3.63) is 54.1 Å². The number of rotatable bonds is 8. The molecular weight excluding hydrogens is 414 g/mol. The van der Waals surface area contributed by atoms with E-state index >= 15 is 0 Å². The van der Waals surface area contributed by atoms with Gasteiger partial charge in [0.2, 0.25) is 0 Å². The Labute approximate surface area is 171 Å². The number of ether oxygens (including phenoxy) is 2. The van der Waals surface area contributed by atoms with E-state index in [1.54, 1.807) is 25.3 Å². The lowest BCUT2D eigenvalue weighted by Gasteiger charge is -2.21. The zero-order chi connectivity index (χ0) is 21.1. The van der Waals surface area contributed by atoms with E-state index < -0.39 is 36.7 Å². The van der Waals surface area contributed by atoms with Crippen LogP contribution < -0.4 is 14.8 Å². The zero-order valence-corrected chi connectivity index (χ0v) is 18.0. The highest BCUT2D eigenvalue weighted by molar-refractivity contribution is 7.96. The molecule has 0 amide bonds. The maximum absolute atomic E-state index is 13.2. The van der Waals surface area contributed by atoms with Crippen LogP contribution in [0, 0.1) is 0 Å². The SMILES string of the molecule is CCOc1ccc(S(=O)(=O)[C@@H]2CS(=O)(=O)C[C@H]2NCc2ccccc2OC)cc1. The summed E-state index contributed by atoms with van der Waals surface area (Å²) < 4.78 is 61.5. The van der Waals surface area contributed by atoms with Crippen LogP contribution in [-0.4, -0.2) is 53.3 Å². The molecule has 0 aliphatic carbocycles. The Bertz CT molecular complexity index is 1050. The molecule has 1 N–H and O–H groups in total. The molecule has 0 aromatic heterocycles. The molecule has 0 radical (unpaired) electrons. The Hall–Kier alpha value is -2.10. The minimum atomic E-state index is -3.84. The van der Waals surface area contributed by atoms with Crippen molar-refractivity contribution in [2.45, 2.75) is 29.7 Å². The lowest BCUT2D eigenvalue weighted by molar-refractivity contribution is 0.340. The number of hydrogen-bond donors (Lipinski definition) is 1. The van der Waals surface area contributed by atoms with Crippen molar-refractivity contribution in [1.29, 1.82) is 0 Å². The second-order valence-electron chi connectivity index (χ2n) is 6.86. The first-order valence-electron chi connectivity index (χ1n) is 9.29. The van der Waals surface area contributed by atoms with Gasteiger partial charge in [0.05, 0.1) is 35.4 Å². The van der Waals surface area contributed by atoms with Crippen molar-refractivity contribution in [3.8, 4) is 11.5 Å². The van der Waals surface area contributed by atoms with Gasteiger partial charge < -0.3 is 14.8 Å². The van der Waals surface area contributed by atoms with Crippen LogP contribution in [0.3, 0.4) is 0 Å². The van der Waals surface area contributed by atoms with E-state index in [1.807, 2.05) is 25.1 Å². The van der Waals surface area contributed by atoms with E-state index in [-0.39, 0.29) is 10.6 Å². The Morgan fingerprint density at radius 1 is 1.07 bits per heavy atom. The Kier molecular flexibility index (Phi) is 6.50. The number of sulfone groups is 2. The van der Waals surface area contributed by atoms with Gasteiger partial charge >= 0.3 is 0 Å². The molecule has 1 fully saturated rings. The third-order valence-corrected chi connectivity index (χ3v) is 9.08. The van der Waals surface area contributed by atoms with Crippen LogP contribution in [-0.2, 0) is 26.2 Å². The van der Waals surface area contributed by atoms with Gasteiger partial charge in [0, 0.05) is 18.2 Å².